The molecule has 1 amide bonds. The molecule has 42 heavy (non-hydrogen) atoms. The molecule has 250 valence electrons. The summed E-state index contributed by atoms with van der Waals surface area (Å²) in [5.41, 5.74) is -1.84. The Morgan fingerprint density at radius 2 is 1.19 bits per heavy atom. The van der Waals surface area contributed by atoms with Gasteiger partial charge in [-0.1, -0.05) is 13.8 Å². The largest absolute Gasteiger partial charge is 0.479 e. The van der Waals surface area contributed by atoms with Gasteiger partial charge in [-0.3, -0.25) is 4.79 Å². The van der Waals surface area contributed by atoms with Crippen LogP contribution in [0.25, 0.3) is 0 Å². The van der Waals surface area contributed by atoms with Crippen LogP contribution >= 0.6 is 0 Å². The zero-order valence-corrected chi connectivity index (χ0v) is 24.7. The summed E-state index contributed by atoms with van der Waals surface area (Å²) >= 11 is 0. The highest BCUT2D eigenvalue weighted by Gasteiger charge is 2.33. The average Bonchev–Trinajstić information content (AvgIpc) is 2.95. The van der Waals surface area contributed by atoms with Gasteiger partial charge in [0, 0.05) is 19.4 Å². The van der Waals surface area contributed by atoms with E-state index in [1.807, 2.05) is 6.92 Å². The summed E-state index contributed by atoms with van der Waals surface area (Å²) in [6.07, 6.45) is -11.6. The second kappa shape index (κ2) is 19.7. The normalized spacial score (nSPS) is 20.7. The first-order chi connectivity index (χ1) is 19.4. The summed E-state index contributed by atoms with van der Waals surface area (Å²) in [5, 5.41) is 98.6. The van der Waals surface area contributed by atoms with Crippen LogP contribution in [0.15, 0.2) is 0 Å². The predicted octanol–water partition coefficient (Wildman–Crippen LogP) is -3.77. The lowest BCUT2D eigenvalue weighted by Crippen LogP contribution is -2.51. The summed E-state index contributed by atoms with van der Waals surface area (Å²) in [7, 11) is 0. The van der Waals surface area contributed by atoms with E-state index < -0.39 is 98.3 Å². The molecule has 0 saturated heterocycles. The molecule has 0 heterocycles. The zero-order valence-electron chi connectivity index (χ0n) is 24.7. The molecule has 0 bridgehead atoms. The van der Waals surface area contributed by atoms with Crippen molar-refractivity contribution >= 4 is 11.9 Å². The minimum Gasteiger partial charge on any atom is -0.479 e. The van der Waals surface area contributed by atoms with E-state index in [0.29, 0.717) is 12.8 Å². The van der Waals surface area contributed by atoms with E-state index in [1.54, 1.807) is 20.8 Å². The molecule has 0 rings (SSSR count). The van der Waals surface area contributed by atoms with E-state index in [0.717, 1.165) is 0 Å². The molecule has 11 N–H and O–H groups in total. The number of hydrogen-bond donors (Lipinski definition) is 11. The summed E-state index contributed by atoms with van der Waals surface area (Å²) in [6.45, 7) is 4.26. The van der Waals surface area contributed by atoms with Crippen LogP contribution in [0.4, 0.5) is 0 Å². The Kier molecular flexibility index (Phi) is 19.0. The maximum atomic E-state index is 12.2. The quantitative estimate of drug-likeness (QED) is 0.0496. The first kappa shape index (κ1) is 40.5. The molecule has 16 heteroatoms. The Morgan fingerprint density at radius 1 is 0.714 bits per heavy atom. The fourth-order valence-electron chi connectivity index (χ4n) is 3.77. The van der Waals surface area contributed by atoms with Crippen molar-refractivity contribution in [2.24, 2.45) is 0 Å². The minimum atomic E-state index is -1.88. The number of rotatable bonds is 24. The Hall–Kier alpha value is -1.54. The molecule has 16 nitrogen and oxygen atoms in total. The number of ether oxygens (including phenoxy) is 3. The monoisotopic (exact) mass is 617 g/mol. The third-order valence-electron chi connectivity index (χ3n) is 7.03. The van der Waals surface area contributed by atoms with Gasteiger partial charge in [-0.15, -0.1) is 0 Å². The Labute approximate surface area is 245 Å². The third-order valence-corrected chi connectivity index (χ3v) is 7.03. The number of amides is 1. The van der Waals surface area contributed by atoms with Crippen LogP contribution in [0.3, 0.4) is 0 Å². The highest BCUT2D eigenvalue weighted by molar-refractivity contribution is 5.80. The second-order valence-electron chi connectivity index (χ2n) is 10.9. The van der Waals surface area contributed by atoms with Crippen molar-refractivity contribution in [2.75, 3.05) is 39.6 Å². The lowest BCUT2D eigenvalue weighted by Gasteiger charge is -2.35. The topological polar surface area (TPSA) is 276 Å². The number of carboxylic acids is 1. The average molecular weight is 618 g/mol. The first-order valence-electron chi connectivity index (χ1n) is 13.9. The Morgan fingerprint density at radius 3 is 1.67 bits per heavy atom. The van der Waals surface area contributed by atoms with E-state index in [-0.39, 0.29) is 26.1 Å². The summed E-state index contributed by atoms with van der Waals surface area (Å²) in [5.74, 6) is -2.38. The molecule has 0 aliphatic heterocycles. The fraction of sp³-hybridized carbons (Fsp3) is 0.923. The van der Waals surface area contributed by atoms with Gasteiger partial charge in [0.25, 0.3) is 5.91 Å². The van der Waals surface area contributed by atoms with Crippen LogP contribution in [0.2, 0.25) is 0 Å². The summed E-state index contributed by atoms with van der Waals surface area (Å²) in [6, 6.07) is 0. The van der Waals surface area contributed by atoms with Crippen molar-refractivity contribution in [2.45, 2.75) is 113 Å². The third kappa shape index (κ3) is 15.3. The lowest BCUT2D eigenvalue weighted by molar-refractivity contribution is -0.151. The fourth-order valence-corrected chi connectivity index (χ4v) is 3.77. The molecule has 0 radical (unpaired) electrons. The molecule has 10 atom stereocenters. The maximum Gasteiger partial charge on any atom is 0.334 e. The molecule has 0 saturated carbocycles. The molecule has 0 aromatic heterocycles. The highest BCUT2D eigenvalue weighted by Crippen LogP contribution is 2.26. The van der Waals surface area contributed by atoms with Crippen molar-refractivity contribution in [1.82, 2.24) is 5.32 Å². The van der Waals surface area contributed by atoms with Gasteiger partial charge in [-0.05, 0) is 26.7 Å². The molecule has 6 unspecified atom stereocenters. The molecule has 0 aromatic rings. The van der Waals surface area contributed by atoms with Gasteiger partial charge >= 0.3 is 5.97 Å². The molecule has 0 aromatic carbocycles. The number of carboxylic acid groups (broad SMARTS) is 1. The number of carbonyl (C=O) groups excluding carboxylic acids is 1. The first-order valence-corrected chi connectivity index (χ1v) is 13.9. The molecule has 0 fully saturated rings. The maximum absolute atomic E-state index is 12.2. The molecule has 0 aliphatic carbocycles. The van der Waals surface area contributed by atoms with Gasteiger partial charge in [0.05, 0.1) is 62.5 Å². The lowest BCUT2D eigenvalue weighted by atomic mass is 9.93. The summed E-state index contributed by atoms with van der Waals surface area (Å²) < 4.78 is 16.6. The second-order valence-corrected chi connectivity index (χ2v) is 10.9. The highest BCUT2D eigenvalue weighted by atomic mass is 16.5. The van der Waals surface area contributed by atoms with Gasteiger partial charge in [0.2, 0.25) is 0 Å². The Bertz CT molecular complexity index is 776. The SMILES string of the molecule is CCC(C)(CC(O)COCC(O)C(=O)O)OCC(O)CC(C)(CC)OCC(O)C(=O)NC[C@H](O)[C@@H](O)[C@H](O)[C@H](O)CO. The van der Waals surface area contributed by atoms with Crippen LogP contribution in [-0.2, 0) is 23.8 Å². The molecule has 0 spiro atoms. The van der Waals surface area contributed by atoms with Crippen molar-refractivity contribution in [3.63, 3.8) is 0 Å². The summed E-state index contributed by atoms with van der Waals surface area (Å²) in [4.78, 5) is 22.8. The Balaban J connectivity index is 4.74. The number of aliphatic hydroxyl groups is 9. The number of carbonyl (C=O) groups is 2. The van der Waals surface area contributed by atoms with Crippen molar-refractivity contribution in [3.05, 3.63) is 0 Å². The van der Waals surface area contributed by atoms with Gasteiger partial charge in [0.1, 0.15) is 18.3 Å². The van der Waals surface area contributed by atoms with Crippen LogP contribution < -0.4 is 5.32 Å². The number of aliphatic carboxylic acids is 1. The van der Waals surface area contributed by atoms with Gasteiger partial charge in [0.15, 0.2) is 12.2 Å². The van der Waals surface area contributed by atoms with Gasteiger partial charge in [-0.2, -0.15) is 0 Å². The van der Waals surface area contributed by atoms with Crippen LogP contribution in [-0.4, -0.2) is 163 Å². The number of hydrogen-bond acceptors (Lipinski definition) is 14. The molecule has 0 aliphatic rings. The van der Waals surface area contributed by atoms with Crippen LogP contribution in [0.1, 0.15) is 53.4 Å². The van der Waals surface area contributed by atoms with Crippen LogP contribution in [0.5, 0.6) is 0 Å². The van der Waals surface area contributed by atoms with E-state index >= 15 is 0 Å². The smallest absolute Gasteiger partial charge is 0.334 e. The van der Waals surface area contributed by atoms with E-state index in [4.69, 9.17) is 24.4 Å². The van der Waals surface area contributed by atoms with Crippen molar-refractivity contribution in [3.8, 4) is 0 Å². The predicted molar refractivity (Wildman–Crippen MR) is 145 cm³/mol. The number of aliphatic hydroxyl groups excluding tert-OH is 9. The van der Waals surface area contributed by atoms with Crippen LogP contribution in [0, 0.1) is 0 Å². The van der Waals surface area contributed by atoms with Gasteiger partial charge < -0.3 is 70.6 Å². The standard InChI is InChI=1S/C26H51NO15/c1-5-25(3,7-15(29)11-40-13-20(34)24(38)39)41-12-16(30)8-26(4,6-2)42-14-19(33)23(37)27-9-17(31)21(35)22(36)18(32)10-28/h15-22,28-36H,5-14H2,1-4H3,(H,27,37)(H,38,39)/t15?,16?,17-,18+,19?,20?,21+,22+,25?,26?/m0/s1. The van der Waals surface area contributed by atoms with E-state index in [9.17, 15) is 50.4 Å². The van der Waals surface area contributed by atoms with Gasteiger partial charge in [-0.25, -0.2) is 4.79 Å². The molecular formula is C26H51NO15. The van der Waals surface area contributed by atoms with E-state index in [1.165, 1.54) is 0 Å². The van der Waals surface area contributed by atoms with E-state index in [2.05, 4.69) is 5.32 Å². The zero-order chi connectivity index (χ0) is 32.7. The molecular weight excluding hydrogens is 566 g/mol. The van der Waals surface area contributed by atoms with Crippen molar-refractivity contribution in [1.29, 1.82) is 0 Å². The van der Waals surface area contributed by atoms with Crippen molar-refractivity contribution < 1.29 is 74.9 Å². The minimum absolute atomic E-state index is 0.0619. The number of nitrogens with one attached hydrogen (secondary N) is 1.